The van der Waals surface area contributed by atoms with E-state index in [0.717, 1.165) is 12.0 Å². The van der Waals surface area contributed by atoms with Crippen molar-refractivity contribution in [3.63, 3.8) is 0 Å². The van der Waals surface area contributed by atoms with Gasteiger partial charge in [0.2, 0.25) is 11.7 Å². The summed E-state index contributed by atoms with van der Waals surface area (Å²) < 4.78 is 29.1. The minimum atomic E-state index is -0.866. The average Bonchev–Trinajstić information content (AvgIpc) is 3.37. The van der Waals surface area contributed by atoms with Crippen LogP contribution in [0.3, 0.4) is 0 Å². The average molecular weight is 474 g/mol. The van der Waals surface area contributed by atoms with Crippen LogP contribution in [0, 0.1) is 5.82 Å². The van der Waals surface area contributed by atoms with Crippen LogP contribution in [0.4, 0.5) is 10.3 Å². The van der Waals surface area contributed by atoms with E-state index in [2.05, 4.69) is 10.3 Å². The lowest BCUT2D eigenvalue weighted by Crippen LogP contribution is -2.43. The van der Waals surface area contributed by atoms with Gasteiger partial charge in [0.1, 0.15) is 5.82 Å². The van der Waals surface area contributed by atoms with E-state index in [1.165, 1.54) is 12.1 Å². The SMILES string of the molecule is O=c1c(-c2ccc(F)cc2)c(-c2ccnc(NCc3ccccc3)n2)n2n1CC1(C2)OCCCO1. The molecular formula is C26H24FN5O3. The van der Waals surface area contributed by atoms with Crippen LogP contribution in [0.15, 0.2) is 71.7 Å². The van der Waals surface area contributed by atoms with Crippen molar-refractivity contribution in [3.8, 4) is 22.5 Å². The Labute approximate surface area is 201 Å². The molecule has 35 heavy (non-hydrogen) atoms. The summed E-state index contributed by atoms with van der Waals surface area (Å²) in [6.45, 7) is 2.37. The lowest BCUT2D eigenvalue weighted by atomic mass is 10.0. The molecule has 0 amide bonds. The van der Waals surface area contributed by atoms with E-state index < -0.39 is 5.79 Å². The van der Waals surface area contributed by atoms with Crippen LogP contribution in [0.1, 0.15) is 12.0 Å². The highest BCUT2D eigenvalue weighted by atomic mass is 19.1. The normalized spacial score (nSPS) is 16.4. The summed E-state index contributed by atoms with van der Waals surface area (Å²) in [6.07, 6.45) is 2.49. The topological polar surface area (TPSA) is 83.2 Å². The van der Waals surface area contributed by atoms with Crippen LogP contribution in [0.2, 0.25) is 0 Å². The number of hydrogen-bond donors (Lipinski definition) is 1. The minimum Gasteiger partial charge on any atom is -0.350 e. The highest BCUT2D eigenvalue weighted by molar-refractivity contribution is 5.79. The fourth-order valence-corrected chi connectivity index (χ4v) is 4.71. The molecule has 0 radical (unpaired) electrons. The number of ether oxygens (including phenoxy) is 2. The summed E-state index contributed by atoms with van der Waals surface area (Å²) in [5.74, 6) is -0.781. The summed E-state index contributed by atoms with van der Waals surface area (Å²) >= 11 is 0. The fraction of sp³-hybridized carbons (Fsp3) is 0.269. The number of halogens is 1. The maximum Gasteiger partial charge on any atom is 0.275 e. The summed E-state index contributed by atoms with van der Waals surface area (Å²) in [4.78, 5) is 22.7. The molecule has 1 N–H and O–H groups in total. The van der Waals surface area contributed by atoms with E-state index >= 15 is 0 Å². The fourth-order valence-electron chi connectivity index (χ4n) is 4.71. The first kappa shape index (κ1) is 21.7. The highest BCUT2D eigenvalue weighted by Crippen LogP contribution is 2.36. The predicted octanol–water partition coefficient (Wildman–Crippen LogP) is 3.67. The lowest BCUT2D eigenvalue weighted by Gasteiger charge is -2.32. The Hall–Kier alpha value is -3.82. The van der Waals surface area contributed by atoms with Gasteiger partial charge < -0.3 is 14.8 Å². The van der Waals surface area contributed by atoms with Crippen molar-refractivity contribution in [1.82, 2.24) is 19.3 Å². The van der Waals surface area contributed by atoms with E-state index in [4.69, 9.17) is 14.5 Å². The second kappa shape index (κ2) is 8.75. The molecule has 2 aliphatic heterocycles. The third kappa shape index (κ3) is 4.02. The summed E-state index contributed by atoms with van der Waals surface area (Å²) in [5, 5.41) is 3.25. The smallest absolute Gasteiger partial charge is 0.275 e. The molecular weight excluding hydrogens is 449 g/mol. The van der Waals surface area contributed by atoms with Gasteiger partial charge in [-0.2, -0.15) is 0 Å². The van der Waals surface area contributed by atoms with Crippen LogP contribution in [-0.2, 0) is 29.1 Å². The van der Waals surface area contributed by atoms with Crippen molar-refractivity contribution in [1.29, 1.82) is 0 Å². The molecule has 6 rings (SSSR count). The molecule has 8 nitrogen and oxygen atoms in total. The largest absolute Gasteiger partial charge is 0.350 e. The Kier molecular flexibility index (Phi) is 5.43. The first-order valence-electron chi connectivity index (χ1n) is 11.6. The number of anilines is 1. The van der Waals surface area contributed by atoms with Crippen LogP contribution in [-0.4, -0.2) is 38.3 Å². The first-order chi connectivity index (χ1) is 17.1. The van der Waals surface area contributed by atoms with Crippen molar-refractivity contribution in [2.24, 2.45) is 0 Å². The Balaban J connectivity index is 1.43. The quantitative estimate of drug-likeness (QED) is 0.476. The molecule has 4 aromatic rings. The molecule has 1 spiro atoms. The molecule has 1 saturated heterocycles. The molecule has 178 valence electrons. The monoisotopic (exact) mass is 473 g/mol. The maximum atomic E-state index is 13.7. The number of rotatable bonds is 5. The third-order valence-electron chi connectivity index (χ3n) is 6.36. The summed E-state index contributed by atoms with van der Waals surface area (Å²) in [7, 11) is 0. The molecule has 2 aliphatic rings. The van der Waals surface area contributed by atoms with Gasteiger partial charge in [-0.15, -0.1) is 0 Å². The summed E-state index contributed by atoms with van der Waals surface area (Å²) in [5.41, 5.74) is 3.20. The Morgan fingerprint density at radius 2 is 1.71 bits per heavy atom. The maximum absolute atomic E-state index is 13.7. The van der Waals surface area contributed by atoms with Gasteiger partial charge >= 0.3 is 0 Å². The standard InChI is InChI=1S/C26H24FN5O3/c27-20-9-7-19(8-10-20)22-23(31-16-26(17-32(31)24(22)33)34-13-4-14-35-26)21-11-12-28-25(30-21)29-15-18-5-2-1-3-6-18/h1-3,5-12H,4,13-17H2,(H,28,29,30). The molecule has 0 unspecified atom stereocenters. The van der Waals surface area contributed by atoms with Gasteiger partial charge in [0.05, 0.1) is 43.3 Å². The Morgan fingerprint density at radius 3 is 2.49 bits per heavy atom. The second-order valence-electron chi connectivity index (χ2n) is 8.72. The van der Waals surface area contributed by atoms with Crippen molar-refractivity contribution in [3.05, 3.63) is 88.6 Å². The van der Waals surface area contributed by atoms with E-state index in [-0.39, 0.29) is 17.9 Å². The molecule has 9 heteroatoms. The molecule has 4 heterocycles. The number of nitrogens with one attached hydrogen (secondary N) is 1. The Bertz CT molecular complexity index is 1410. The van der Waals surface area contributed by atoms with E-state index in [9.17, 15) is 9.18 Å². The van der Waals surface area contributed by atoms with Gasteiger partial charge in [0.15, 0.2) is 0 Å². The van der Waals surface area contributed by atoms with Crippen molar-refractivity contribution >= 4 is 5.95 Å². The Morgan fingerprint density at radius 1 is 0.971 bits per heavy atom. The third-order valence-corrected chi connectivity index (χ3v) is 6.36. The van der Waals surface area contributed by atoms with Crippen molar-refractivity contribution in [2.75, 3.05) is 18.5 Å². The number of hydrogen-bond acceptors (Lipinski definition) is 6. The predicted molar refractivity (Wildman–Crippen MR) is 128 cm³/mol. The molecule has 2 aromatic heterocycles. The van der Waals surface area contributed by atoms with Gasteiger partial charge in [-0.25, -0.2) is 19.0 Å². The number of benzene rings is 2. The first-order valence-corrected chi connectivity index (χ1v) is 11.6. The molecule has 2 aromatic carbocycles. The van der Waals surface area contributed by atoms with Gasteiger partial charge in [-0.1, -0.05) is 42.5 Å². The summed E-state index contributed by atoms with van der Waals surface area (Å²) in [6, 6.07) is 17.7. The molecule has 0 aliphatic carbocycles. The van der Waals surface area contributed by atoms with Crippen LogP contribution in [0.25, 0.3) is 22.5 Å². The van der Waals surface area contributed by atoms with Gasteiger partial charge in [0.25, 0.3) is 5.56 Å². The van der Waals surface area contributed by atoms with E-state index in [1.807, 2.05) is 35.0 Å². The van der Waals surface area contributed by atoms with Crippen LogP contribution >= 0.6 is 0 Å². The second-order valence-corrected chi connectivity index (χ2v) is 8.72. The zero-order valence-corrected chi connectivity index (χ0v) is 19.0. The molecule has 0 atom stereocenters. The number of fused-ring (bicyclic) bond motifs is 1. The van der Waals surface area contributed by atoms with E-state index in [1.54, 1.807) is 29.1 Å². The van der Waals surface area contributed by atoms with Gasteiger partial charge in [0, 0.05) is 12.7 Å². The van der Waals surface area contributed by atoms with Gasteiger partial charge in [-0.3, -0.25) is 9.48 Å². The van der Waals surface area contributed by atoms with Crippen LogP contribution in [0.5, 0.6) is 0 Å². The van der Waals surface area contributed by atoms with Gasteiger partial charge in [-0.05, 0) is 35.7 Å². The van der Waals surface area contributed by atoms with Crippen molar-refractivity contribution in [2.45, 2.75) is 31.8 Å². The zero-order chi connectivity index (χ0) is 23.8. The molecule has 0 saturated carbocycles. The molecule has 0 bridgehead atoms. The highest BCUT2D eigenvalue weighted by Gasteiger charge is 2.44. The minimum absolute atomic E-state index is 0.196. The number of aromatic nitrogens is 4. The lowest BCUT2D eigenvalue weighted by molar-refractivity contribution is -0.267. The number of nitrogens with zero attached hydrogens (tertiary/aromatic N) is 4. The zero-order valence-electron chi connectivity index (χ0n) is 19.0. The molecule has 1 fully saturated rings. The van der Waals surface area contributed by atoms with Crippen molar-refractivity contribution < 1.29 is 13.9 Å². The van der Waals surface area contributed by atoms with E-state index in [0.29, 0.717) is 54.8 Å². The van der Waals surface area contributed by atoms with Crippen LogP contribution < -0.4 is 10.9 Å².